The summed E-state index contributed by atoms with van der Waals surface area (Å²) in [5.74, 6) is 1.78. The Balaban J connectivity index is 3.81. The van der Waals surface area contributed by atoms with Gasteiger partial charge in [-0.3, -0.25) is 9.59 Å². The van der Waals surface area contributed by atoms with Gasteiger partial charge in [0.1, 0.15) is 11.6 Å². The van der Waals surface area contributed by atoms with Gasteiger partial charge in [-0.25, -0.2) is 0 Å². The van der Waals surface area contributed by atoms with Crippen LogP contribution in [-0.2, 0) is 9.59 Å². The molecule has 0 aromatic heterocycles. The van der Waals surface area contributed by atoms with Crippen LogP contribution >= 0.6 is 21.6 Å². The predicted molar refractivity (Wildman–Crippen MR) is 76.6 cm³/mol. The van der Waals surface area contributed by atoms with Crippen LogP contribution < -0.4 is 10.6 Å². The van der Waals surface area contributed by atoms with Gasteiger partial charge in [-0.15, -0.1) is 0 Å². The summed E-state index contributed by atoms with van der Waals surface area (Å²) < 4.78 is 0. The molecule has 4 nitrogen and oxygen atoms in total. The van der Waals surface area contributed by atoms with E-state index in [1.54, 1.807) is 42.5 Å². The summed E-state index contributed by atoms with van der Waals surface area (Å²) in [6, 6.07) is -0.176. The molecule has 1 unspecified atom stereocenters. The van der Waals surface area contributed by atoms with Gasteiger partial charge in [0.05, 0.1) is 12.1 Å². The Morgan fingerprint density at radius 3 is 1.88 bits per heavy atom. The van der Waals surface area contributed by atoms with E-state index in [2.05, 4.69) is 10.6 Å². The summed E-state index contributed by atoms with van der Waals surface area (Å²) in [6.07, 6.45) is 0. The Bertz CT molecular complexity index is 250. The van der Waals surface area contributed by atoms with Crippen molar-refractivity contribution in [2.45, 2.75) is 32.9 Å². The standard InChI is InChI=1S/C11H22N2O2S2/c1-5-13-11(9(3)15)7-17-16-6-10(12-4)8(2)14/h10-13H,5-7H2,1-4H3/t10?,11-/m0/s1. The van der Waals surface area contributed by atoms with Gasteiger partial charge in [0.15, 0.2) is 0 Å². The topological polar surface area (TPSA) is 58.2 Å². The Labute approximate surface area is 111 Å². The molecule has 0 aromatic carbocycles. The minimum absolute atomic E-state index is 0.0807. The van der Waals surface area contributed by atoms with Crippen molar-refractivity contribution in [2.75, 3.05) is 25.1 Å². The maximum atomic E-state index is 11.3. The first kappa shape index (κ1) is 17.0. The van der Waals surface area contributed by atoms with Crippen LogP contribution in [0.25, 0.3) is 0 Å². The smallest absolute Gasteiger partial charge is 0.147 e. The van der Waals surface area contributed by atoms with E-state index >= 15 is 0 Å². The zero-order valence-corrected chi connectivity index (χ0v) is 12.5. The molecule has 100 valence electrons. The van der Waals surface area contributed by atoms with E-state index in [1.807, 2.05) is 6.92 Å². The average Bonchev–Trinajstić information content (AvgIpc) is 2.26. The molecule has 17 heavy (non-hydrogen) atoms. The third-order valence-electron chi connectivity index (χ3n) is 2.33. The second kappa shape index (κ2) is 9.94. The van der Waals surface area contributed by atoms with Crippen molar-refractivity contribution in [3.63, 3.8) is 0 Å². The molecule has 2 atom stereocenters. The van der Waals surface area contributed by atoms with Crippen molar-refractivity contribution >= 4 is 33.2 Å². The maximum Gasteiger partial charge on any atom is 0.147 e. The molecule has 0 spiro atoms. The fourth-order valence-corrected chi connectivity index (χ4v) is 3.82. The molecule has 0 aliphatic rings. The van der Waals surface area contributed by atoms with Gasteiger partial charge < -0.3 is 10.6 Å². The molecular formula is C11H22N2O2S2. The van der Waals surface area contributed by atoms with E-state index in [1.165, 1.54) is 0 Å². The zero-order chi connectivity index (χ0) is 13.3. The average molecular weight is 278 g/mol. The molecule has 0 saturated heterocycles. The first-order valence-electron chi connectivity index (χ1n) is 5.68. The summed E-state index contributed by atoms with van der Waals surface area (Å²) in [5, 5.41) is 6.11. The molecule has 0 bridgehead atoms. The molecule has 0 aliphatic heterocycles. The largest absolute Gasteiger partial charge is 0.310 e. The number of ketones is 2. The van der Waals surface area contributed by atoms with Crippen molar-refractivity contribution in [3.05, 3.63) is 0 Å². The van der Waals surface area contributed by atoms with Crippen molar-refractivity contribution in [1.29, 1.82) is 0 Å². The van der Waals surface area contributed by atoms with Crippen molar-refractivity contribution < 1.29 is 9.59 Å². The van der Waals surface area contributed by atoms with Crippen molar-refractivity contribution in [1.82, 2.24) is 10.6 Å². The highest BCUT2D eigenvalue weighted by molar-refractivity contribution is 8.76. The van der Waals surface area contributed by atoms with Gasteiger partial charge in [-0.1, -0.05) is 28.5 Å². The van der Waals surface area contributed by atoms with E-state index in [0.29, 0.717) is 0 Å². The molecule has 0 amide bonds. The van der Waals surface area contributed by atoms with Gasteiger partial charge >= 0.3 is 0 Å². The monoisotopic (exact) mass is 278 g/mol. The SMILES string of the molecule is CCN[C@@H](CSSCC(NC)C(C)=O)C(C)=O. The molecular weight excluding hydrogens is 256 g/mol. The van der Waals surface area contributed by atoms with Crippen LogP contribution in [0.4, 0.5) is 0 Å². The first-order chi connectivity index (χ1) is 8.02. The third-order valence-corrected chi connectivity index (χ3v) is 4.76. The minimum Gasteiger partial charge on any atom is -0.310 e. The van der Waals surface area contributed by atoms with E-state index in [9.17, 15) is 9.59 Å². The molecule has 0 saturated carbocycles. The number of carbonyl (C=O) groups excluding carboxylic acids is 2. The number of rotatable bonds is 10. The second-order valence-electron chi connectivity index (χ2n) is 3.74. The zero-order valence-electron chi connectivity index (χ0n) is 10.9. The fraction of sp³-hybridized carbons (Fsp3) is 0.818. The molecule has 6 heteroatoms. The second-order valence-corrected chi connectivity index (χ2v) is 6.29. The number of hydrogen-bond donors (Lipinski definition) is 2. The van der Waals surface area contributed by atoms with Gasteiger partial charge in [0.2, 0.25) is 0 Å². The lowest BCUT2D eigenvalue weighted by molar-refractivity contribution is -0.119. The first-order valence-corrected chi connectivity index (χ1v) is 8.17. The van der Waals surface area contributed by atoms with Crippen molar-refractivity contribution in [3.8, 4) is 0 Å². The number of likely N-dealkylation sites (N-methyl/N-ethyl adjacent to an activating group) is 2. The van der Waals surface area contributed by atoms with Gasteiger partial charge in [-0.2, -0.15) is 0 Å². The number of Topliss-reactive ketones (excluding diaryl/α,β-unsaturated/α-hetero) is 2. The lowest BCUT2D eigenvalue weighted by Crippen LogP contribution is -2.37. The Morgan fingerprint density at radius 2 is 1.53 bits per heavy atom. The Kier molecular flexibility index (Phi) is 9.91. The molecule has 0 rings (SSSR count). The Hall–Kier alpha value is -0.0400. The third kappa shape index (κ3) is 7.81. The quantitative estimate of drug-likeness (QED) is 0.461. The predicted octanol–water partition coefficient (Wildman–Crippen LogP) is 1.11. The van der Waals surface area contributed by atoms with Crippen LogP contribution in [-0.4, -0.2) is 48.7 Å². The van der Waals surface area contributed by atoms with Crippen LogP contribution in [0.3, 0.4) is 0 Å². The fourth-order valence-electron chi connectivity index (χ4n) is 1.20. The van der Waals surface area contributed by atoms with Gasteiger partial charge in [0, 0.05) is 11.5 Å². The molecule has 0 aliphatic carbocycles. The van der Waals surface area contributed by atoms with E-state index in [-0.39, 0.29) is 23.7 Å². The van der Waals surface area contributed by atoms with Gasteiger partial charge in [0.25, 0.3) is 0 Å². The number of hydrogen-bond acceptors (Lipinski definition) is 6. The van der Waals surface area contributed by atoms with Crippen molar-refractivity contribution in [2.24, 2.45) is 0 Å². The highest BCUT2D eigenvalue weighted by Gasteiger charge is 2.15. The van der Waals surface area contributed by atoms with Crippen LogP contribution in [0.2, 0.25) is 0 Å². The van der Waals surface area contributed by atoms with Crippen LogP contribution in [0, 0.1) is 0 Å². The minimum atomic E-state index is -0.0950. The summed E-state index contributed by atoms with van der Waals surface area (Å²) >= 11 is 0. The summed E-state index contributed by atoms with van der Waals surface area (Å²) in [4.78, 5) is 22.4. The summed E-state index contributed by atoms with van der Waals surface area (Å²) in [6.45, 7) is 5.97. The lowest BCUT2D eigenvalue weighted by Gasteiger charge is -2.15. The number of carbonyl (C=O) groups is 2. The Morgan fingerprint density at radius 1 is 1.06 bits per heavy atom. The van der Waals surface area contributed by atoms with Crippen LogP contribution in [0.1, 0.15) is 20.8 Å². The summed E-state index contributed by atoms with van der Waals surface area (Å²) in [5.41, 5.74) is 0. The molecule has 0 radical (unpaired) electrons. The molecule has 0 fully saturated rings. The lowest BCUT2D eigenvalue weighted by atomic mass is 10.2. The highest BCUT2D eigenvalue weighted by Crippen LogP contribution is 2.23. The molecule has 2 N–H and O–H groups in total. The normalized spacial score (nSPS) is 14.4. The van der Waals surface area contributed by atoms with E-state index in [4.69, 9.17) is 0 Å². The van der Waals surface area contributed by atoms with E-state index < -0.39 is 0 Å². The molecule has 0 aromatic rings. The van der Waals surface area contributed by atoms with Crippen LogP contribution in [0.5, 0.6) is 0 Å². The highest BCUT2D eigenvalue weighted by atomic mass is 33.1. The van der Waals surface area contributed by atoms with Crippen LogP contribution in [0.15, 0.2) is 0 Å². The maximum absolute atomic E-state index is 11.3. The van der Waals surface area contributed by atoms with E-state index in [0.717, 1.165) is 18.1 Å². The molecule has 0 heterocycles. The number of nitrogens with one attached hydrogen (secondary N) is 2. The van der Waals surface area contributed by atoms with Gasteiger partial charge in [-0.05, 0) is 27.4 Å². The summed E-state index contributed by atoms with van der Waals surface area (Å²) in [7, 11) is 5.04.